The van der Waals surface area contributed by atoms with Gasteiger partial charge in [-0.15, -0.1) is 0 Å². The molecule has 26 rings (SSSR count). The first kappa shape index (κ1) is 104. The van der Waals surface area contributed by atoms with Crippen LogP contribution in [0, 0.1) is 35.2 Å². The highest BCUT2D eigenvalue weighted by molar-refractivity contribution is 6.32. The van der Waals surface area contributed by atoms with E-state index >= 15 is 13.2 Å². The highest BCUT2D eigenvalue weighted by Crippen LogP contribution is 2.55. The van der Waals surface area contributed by atoms with Crippen molar-refractivity contribution in [2.24, 2.45) is 23.5 Å². The molecule has 6 unspecified atom stereocenters. The quantitative estimate of drug-likeness (QED) is 0.0633. The van der Waals surface area contributed by atoms with Crippen LogP contribution in [0.25, 0.3) is 67.5 Å². The number of carbonyl (C=O) groups excluding carboxylic acids is 3. The fourth-order valence-electron chi connectivity index (χ4n) is 27.1. The van der Waals surface area contributed by atoms with Gasteiger partial charge in [-0.3, -0.25) is 39.3 Å². The molecule has 0 spiro atoms. The van der Waals surface area contributed by atoms with E-state index in [-0.39, 0.29) is 95.3 Å². The van der Waals surface area contributed by atoms with Gasteiger partial charge in [0.2, 0.25) is 17.7 Å². The van der Waals surface area contributed by atoms with Crippen molar-refractivity contribution in [1.82, 2.24) is 92.0 Å². The lowest BCUT2D eigenvalue weighted by Gasteiger charge is -2.37. The van der Waals surface area contributed by atoms with Crippen molar-refractivity contribution in [2.75, 3.05) is 26.2 Å². The van der Waals surface area contributed by atoms with Gasteiger partial charge in [0.25, 0.3) is 0 Å². The number of alkyl halides is 6. The molecule has 11 aromatic heterocycles. The number of hydrogen-bond donors (Lipinski definition) is 2. The number of pyridine rings is 5. The molecule has 19 heterocycles. The third kappa shape index (κ3) is 21.8. The summed E-state index contributed by atoms with van der Waals surface area (Å²) in [7, 11) is 0. The molecule has 24 nitrogen and oxygen atoms in total. The zero-order chi connectivity index (χ0) is 104. The van der Waals surface area contributed by atoms with Crippen molar-refractivity contribution in [2.45, 2.75) is 359 Å². The van der Waals surface area contributed by atoms with Crippen LogP contribution in [-0.4, -0.2) is 181 Å². The number of nitrogens with two attached hydrogens (primary N) is 1. The van der Waals surface area contributed by atoms with Gasteiger partial charge in [-0.2, -0.15) is 0 Å². The summed E-state index contributed by atoms with van der Waals surface area (Å²) >= 11 is 6.44. The normalized spacial score (nSPS) is 26.8. The SMILES string of the molecule is Fc1ccnc2c1-c1cncn1C2CCC1(F)CCCCC1.Fc1ccnc2c1-c1cncn1C2CCC1(F)CCCCC1.NC(=O)C1CCC(F)(CCC2c3c(Cl)cccc3-c3cncn32)CC1.O=C(C1CCC(F)(CCC2c3ncccc3-c3cncn32)CC1)N1CCCCC1.O=C(C1CCC(F)(CCC2c3ncccc3-c3cncn32)CC1)N1CCCCC1.OC1CCC(F)(CCC2c3nccc(F)c3-c3cncn32)CC1. The maximum Gasteiger partial charge on any atom is 0.225 e. The summed E-state index contributed by atoms with van der Waals surface area (Å²) in [4.78, 5) is 88.2. The lowest BCUT2D eigenvalue weighted by Crippen LogP contribution is -2.42. The van der Waals surface area contributed by atoms with Crippen LogP contribution in [0.15, 0.2) is 167 Å². The third-order valence-corrected chi connectivity index (χ3v) is 36.0. The van der Waals surface area contributed by atoms with E-state index in [1.54, 1.807) is 43.9 Å². The van der Waals surface area contributed by atoms with Crippen LogP contribution in [0.1, 0.15) is 353 Å². The van der Waals surface area contributed by atoms with Crippen LogP contribution >= 0.6 is 11.6 Å². The summed E-state index contributed by atoms with van der Waals surface area (Å²) in [5, 5.41) is 10.3. The Morgan fingerprint density at radius 1 is 0.320 bits per heavy atom. The molecule has 6 saturated carbocycles. The van der Waals surface area contributed by atoms with Crippen LogP contribution in [0.5, 0.6) is 0 Å². The van der Waals surface area contributed by atoms with Crippen LogP contribution in [-0.2, 0) is 14.4 Å². The number of benzene rings is 1. The zero-order valence-corrected chi connectivity index (χ0v) is 86.1. The highest BCUT2D eigenvalue weighted by Gasteiger charge is 2.48. The Kier molecular flexibility index (Phi) is 30.9. The number of primary amides is 1. The number of likely N-dealkylation sites (tertiary alicyclic amines) is 2. The van der Waals surface area contributed by atoms with Crippen molar-refractivity contribution in [3.63, 3.8) is 0 Å². The molecule has 6 atom stereocenters. The number of halogens is 10. The van der Waals surface area contributed by atoms with Crippen molar-refractivity contribution >= 4 is 29.3 Å². The predicted octanol–water partition coefficient (Wildman–Crippen LogP) is 25.6. The van der Waals surface area contributed by atoms with Gasteiger partial charge in [0.05, 0.1) is 197 Å². The Bertz CT molecular complexity index is 6450. The smallest absolute Gasteiger partial charge is 0.225 e. The molecule has 8 aliphatic heterocycles. The van der Waals surface area contributed by atoms with E-state index in [2.05, 4.69) is 80.7 Å². The number of aliphatic hydroxyl groups is 1. The fraction of sp³-hybridized carbons (Fsp3) is 0.552. The molecule has 6 aliphatic carbocycles. The van der Waals surface area contributed by atoms with E-state index < -0.39 is 34.0 Å². The average Bonchev–Trinajstić information content (AvgIpc) is 1.68. The zero-order valence-electron chi connectivity index (χ0n) is 85.3. The van der Waals surface area contributed by atoms with E-state index in [0.29, 0.717) is 234 Å². The van der Waals surface area contributed by atoms with Crippen molar-refractivity contribution in [3.8, 4) is 67.5 Å². The molecule has 1 aromatic carbocycles. The molecule has 0 radical (unpaired) electrons. The van der Waals surface area contributed by atoms with Gasteiger partial charge in [-0.05, 0) is 293 Å². The molecule has 34 heteroatoms. The Morgan fingerprint density at radius 2 is 0.593 bits per heavy atom. The molecule has 12 aromatic rings. The molecule has 14 aliphatic rings. The molecule has 150 heavy (non-hydrogen) atoms. The molecular formula is C116H136ClF9N20O4. The molecule has 8 fully saturated rings. The van der Waals surface area contributed by atoms with Gasteiger partial charge >= 0.3 is 0 Å². The van der Waals surface area contributed by atoms with Crippen molar-refractivity contribution in [1.29, 1.82) is 0 Å². The van der Waals surface area contributed by atoms with Gasteiger partial charge < -0.3 is 48.0 Å². The lowest BCUT2D eigenvalue weighted by molar-refractivity contribution is -0.139. The van der Waals surface area contributed by atoms with Gasteiger partial charge in [0, 0.05) is 102 Å². The summed E-state index contributed by atoms with van der Waals surface area (Å²) in [6.07, 6.45) is 59.6. The number of piperidine rings is 2. The Balaban J connectivity index is 0.000000105. The minimum Gasteiger partial charge on any atom is -0.393 e. The van der Waals surface area contributed by atoms with Crippen molar-refractivity contribution in [3.05, 3.63) is 223 Å². The second kappa shape index (κ2) is 44.5. The first-order valence-corrected chi connectivity index (χ1v) is 55.5. The van der Waals surface area contributed by atoms with Gasteiger partial charge in [-0.25, -0.2) is 69.4 Å². The summed E-state index contributed by atoms with van der Waals surface area (Å²) in [6, 6.07) is 17.7. The second-order valence-corrected chi connectivity index (χ2v) is 45.3. The molecular weight excluding hydrogens is 1940 g/mol. The van der Waals surface area contributed by atoms with Gasteiger partial charge in [0.1, 0.15) is 51.5 Å². The Hall–Kier alpha value is -11.7. The third-order valence-electron chi connectivity index (χ3n) is 35.7. The lowest BCUT2D eigenvalue weighted by atomic mass is 9.76. The minimum absolute atomic E-state index is 0.0164. The largest absolute Gasteiger partial charge is 0.393 e. The number of fused-ring (bicyclic) bond motifs is 18. The standard InChI is InChI=1S/2C23H29FN4O.C19H21ClFN3O.C17H19F2N3O.2C17H19F2N3/c2*24-23(9-6-17(7-10-23)22(29)27-13-2-1-3-14-27)11-8-19-21-18(5-4-12-26-21)20-15-25-16-28(19)20;20-14-3-1-2-13-16-10-23-11-24(16)15(17(13)14)6-9-19(21)7-4-12(5-8-19)18(22)25;18-12-4-8-21-16-13(22-10-20-9-14(22)15(12)16)3-7-17(19)5-1-11(23)2-6-17;2*18-12-5-9-21-16-13(22-11-20-10-14(22)15(12)16)4-8-17(19)6-2-1-3-7-17/h2*4-5,12,15-17,19H,1-3,6-11,13-14H2;1-3,10-12,15H,4-9H2,(H2,22,25);4,8-11,13,23H,1-3,5-7H2;2*5,9-11,13H,1-4,6-8H2. The summed E-state index contributed by atoms with van der Waals surface area (Å²) in [5.41, 5.74) is 13.9. The predicted molar refractivity (Wildman–Crippen MR) is 554 cm³/mol. The summed E-state index contributed by atoms with van der Waals surface area (Å²) in [5.74, 6) is -0.768. The number of aliphatic hydroxyl groups excluding tert-OH is 1. The van der Waals surface area contributed by atoms with E-state index in [4.69, 9.17) is 17.3 Å². The number of amides is 3. The van der Waals surface area contributed by atoms with Crippen LogP contribution < -0.4 is 5.73 Å². The second-order valence-electron chi connectivity index (χ2n) is 44.9. The molecule has 3 amide bonds. The molecule has 0 bridgehead atoms. The number of imidazole rings is 6. The maximum atomic E-state index is 15.6. The average molecular weight is 2080 g/mol. The number of carbonyl (C=O) groups is 3. The fourth-order valence-corrected chi connectivity index (χ4v) is 27.4. The Labute approximate surface area is 874 Å². The minimum atomic E-state index is -1.24. The highest BCUT2D eigenvalue weighted by atomic mass is 35.5. The van der Waals surface area contributed by atoms with Gasteiger partial charge in [0.15, 0.2) is 0 Å². The number of aromatic nitrogens is 17. The van der Waals surface area contributed by atoms with Crippen LogP contribution in [0.4, 0.5) is 39.5 Å². The number of hydrogen-bond acceptors (Lipinski definition) is 15. The van der Waals surface area contributed by atoms with E-state index in [1.165, 1.54) is 49.6 Å². The molecule has 2 saturated heterocycles. The van der Waals surface area contributed by atoms with Crippen molar-refractivity contribution < 1.29 is 59.0 Å². The first-order chi connectivity index (χ1) is 72.7. The van der Waals surface area contributed by atoms with E-state index in [9.17, 15) is 45.8 Å². The first-order valence-electron chi connectivity index (χ1n) is 55.1. The van der Waals surface area contributed by atoms with Crippen LogP contribution in [0.3, 0.4) is 0 Å². The maximum absolute atomic E-state index is 15.6. The van der Waals surface area contributed by atoms with Gasteiger partial charge in [-0.1, -0.05) is 62.3 Å². The molecule has 794 valence electrons. The molecule has 3 N–H and O–H groups in total. The van der Waals surface area contributed by atoms with E-state index in [0.717, 1.165) is 169 Å². The van der Waals surface area contributed by atoms with E-state index in [1.807, 2.05) is 97.5 Å². The number of nitrogens with zero attached hydrogens (tertiary/aromatic N) is 19. The summed E-state index contributed by atoms with van der Waals surface area (Å²) < 4.78 is 146. The van der Waals surface area contributed by atoms with Crippen LogP contribution in [0.2, 0.25) is 5.02 Å². The number of rotatable bonds is 21. The Morgan fingerprint density at radius 3 is 0.940 bits per heavy atom. The topological polar surface area (TPSA) is 275 Å². The monoisotopic (exact) mass is 2080 g/mol. The summed E-state index contributed by atoms with van der Waals surface area (Å²) in [6.45, 7) is 3.55.